The predicted octanol–water partition coefficient (Wildman–Crippen LogP) is 3.52. The number of aromatic nitrogens is 2. The van der Waals surface area contributed by atoms with Gasteiger partial charge in [-0.25, -0.2) is 9.97 Å². The van der Waals surface area contributed by atoms with Crippen LogP contribution in [-0.4, -0.2) is 41.0 Å². The van der Waals surface area contributed by atoms with Crippen molar-refractivity contribution in [2.45, 2.75) is 57.9 Å². The first-order chi connectivity index (χ1) is 9.93. The molecule has 0 radical (unpaired) electrons. The normalized spacial score (nSPS) is 26.3. The highest BCUT2D eigenvalue weighted by molar-refractivity contribution is 5.36. The van der Waals surface area contributed by atoms with E-state index in [2.05, 4.69) is 61.1 Å². The highest BCUT2D eigenvalue weighted by atomic mass is 15.2. The molecule has 4 heteroatoms. The predicted molar refractivity (Wildman–Crippen MR) is 88.7 cm³/mol. The molecule has 1 N–H and O–H groups in total. The molecule has 118 valence electrons. The van der Waals surface area contributed by atoms with Gasteiger partial charge in [0.05, 0.1) is 0 Å². The fraction of sp³-hybridized carbons (Fsp3) is 0.765. The van der Waals surface area contributed by atoms with Crippen molar-refractivity contribution >= 4 is 5.82 Å². The summed E-state index contributed by atoms with van der Waals surface area (Å²) >= 11 is 0. The van der Waals surface area contributed by atoms with E-state index in [1.165, 1.54) is 25.7 Å². The zero-order chi connectivity index (χ0) is 15.5. The van der Waals surface area contributed by atoms with E-state index >= 15 is 0 Å². The Bertz CT molecular complexity index is 458. The second kappa shape index (κ2) is 6.73. The second-order valence-electron chi connectivity index (χ2n) is 7.16. The summed E-state index contributed by atoms with van der Waals surface area (Å²) in [4.78, 5) is 11.1. The lowest BCUT2D eigenvalue weighted by Crippen LogP contribution is -2.52. The zero-order valence-electron chi connectivity index (χ0n) is 14.2. The van der Waals surface area contributed by atoms with E-state index < -0.39 is 0 Å². The van der Waals surface area contributed by atoms with Crippen molar-refractivity contribution in [2.24, 2.45) is 5.92 Å². The van der Waals surface area contributed by atoms with Crippen LogP contribution in [0.2, 0.25) is 0 Å². The van der Waals surface area contributed by atoms with Crippen LogP contribution in [0.15, 0.2) is 12.4 Å². The van der Waals surface area contributed by atoms with E-state index in [0.717, 1.165) is 24.0 Å². The van der Waals surface area contributed by atoms with Crippen molar-refractivity contribution in [3.63, 3.8) is 0 Å². The molecular formula is C17H30N4. The molecule has 0 spiro atoms. The van der Waals surface area contributed by atoms with Gasteiger partial charge in [-0.3, -0.25) is 0 Å². The highest BCUT2D eigenvalue weighted by Gasteiger charge is 2.36. The topological polar surface area (TPSA) is 41.1 Å². The van der Waals surface area contributed by atoms with Crippen molar-refractivity contribution in [3.05, 3.63) is 18.1 Å². The van der Waals surface area contributed by atoms with E-state index in [9.17, 15) is 0 Å². The summed E-state index contributed by atoms with van der Waals surface area (Å²) in [7, 11) is 4.42. The number of nitrogens with zero attached hydrogens (tertiary/aromatic N) is 3. The third-order valence-corrected chi connectivity index (χ3v) is 4.89. The quantitative estimate of drug-likeness (QED) is 0.901. The van der Waals surface area contributed by atoms with Crippen LogP contribution in [0.5, 0.6) is 0 Å². The molecule has 21 heavy (non-hydrogen) atoms. The lowest BCUT2D eigenvalue weighted by Gasteiger charge is -2.45. The van der Waals surface area contributed by atoms with Crippen molar-refractivity contribution in [2.75, 3.05) is 26.0 Å². The SMILES string of the molecule is CC1CCCC(CNc2cc(C(C)C)ncn2)(N(C)C)C1. The number of hydrogen-bond donors (Lipinski definition) is 1. The first-order valence-electron chi connectivity index (χ1n) is 8.16. The smallest absolute Gasteiger partial charge is 0.129 e. The Morgan fingerprint density at radius 1 is 1.38 bits per heavy atom. The van der Waals surface area contributed by atoms with Gasteiger partial charge in [0.2, 0.25) is 0 Å². The average Bonchev–Trinajstić information content (AvgIpc) is 2.45. The van der Waals surface area contributed by atoms with E-state index in [1.54, 1.807) is 6.33 Å². The van der Waals surface area contributed by atoms with Crippen LogP contribution in [0, 0.1) is 5.92 Å². The summed E-state index contributed by atoms with van der Waals surface area (Å²) in [6, 6.07) is 2.08. The lowest BCUT2D eigenvalue weighted by molar-refractivity contribution is 0.0881. The van der Waals surface area contributed by atoms with E-state index in [-0.39, 0.29) is 5.54 Å². The molecule has 2 unspecified atom stereocenters. The molecule has 1 aromatic heterocycles. The lowest BCUT2D eigenvalue weighted by atomic mass is 9.75. The van der Waals surface area contributed by atoms with Gasteiger partial charge in [0.1, 0.15) is 12.1 Å². The van der Waals surface area contributed by atoms with Crippen LogP contribution in [0.25, 0.3) is 0 Å². The minimum atomic E-state index is 0.251. The molecule has 1 saturated carbocycles. The van der Waals surface area contributed by atoms with Gasteiger partial charge < -0.3 is 10.2 Å². The molecule has 0 aliphatic heterocycles. The zero-order valence-corrected chi connectivity index (χ0v) is 14.2. The van der Waals surface area contributed by atoms with Crippen molar-refractivity contribution < 1.29 is 0 Å². The van der Waals surface area contributed by atoms with Gasteiger partial charge in [0, 0.05) is 23.8 Å². The Morgan fingerprint density at radius 3 is 2.76 bits per heavy atom. The maximum absolute atomic E-state index is 4.37. The first kappa shape index (κ1) is 16.2. The Hall–Kier alpha value is -1.16. The average molecular weight is 290 g/mol. The van der Waals surface area contributed by atoms with Crippen LogP contribution < -0.4 is 5.32 Å². The standard InChI is InChI=1S/C17H30N4/c1-13(2)15-9-16(20-12-19-15)18-11-17(21(4)5)8-6-7-14(3)10-17/h9,12-14H,6-8,10-11H2,1-5H3,(H,18,19,20). The monoisotopic (exact) mass is 290 g/mol. The van der Waals surface area contributed by atoms with Crippen LogP contribution >= 0.6 is 0 Å². The second-order valence-corrected chi connectivity index (χ2v) is 7.16. The van der Waals surface area contributed by atoms with E-state index in [1.807, 2.05) is 0 Å². The van der Waals surface area contributed by atoms with Gasteiger partial charge in [-0.1, -0.05) is 33.6 Å². The summed E-state index contributed by atoms with van der Waals surface area (Å²) < 4.78 is 0. The summed E-state index contributed by atoms with van der Waals surface area (Å²) in [5.41, 5.74) is 1.35. The van der Waals surface area contributed by atoms with Crippen LogP contribution in [0.4, 0.5) is 5.82 Å². The maximum atomic E-state index is 4.37. The van der Waals surface area contributed by atoms with Crippen molar-refractivity contribution in [1.29, 1.82) is 0 Å². The van der Waals surface area contributed by atoms with Gasteiger partial charge in [0.25, 0.3) is 0 Å². The molecule has 2 atom stereocenters. The van der Waals surface area contributed by atoms with Crippen molar-refractivity contribution in [3.8, 4) is 0 Å². The van der Waals surface area contributed by atoms with E-state index in [0.29, 0.717) is 5.92 Å². The number of likely N-dealkylation sites (N-methyl/N-ethyl adjacent to an activating group) is 1. The molecule has 0 bridgehead atoms. The third kappa shape index (κ3) is 3.94. The van der Waals surface area contributed by atoms with Crippen LogP contribution in [0.1, 0.15) is 58.1 Å². The van der Waals surface area contributed by atoms with Gasteiger partial charge in [-0.15, -0.1) is 0 Å². The number of hydrogen-bond acceptors (Lipinski definition) is 4. The molecule has 1 aliphatic rings. The highest BCUT2D eigenvalue weighted by Crippen LogP contribution is 2.35. The fourth-order valence-electron chi connectivity index (χ4n) is 3.40. The number of rotatable bonds is 5. The van der Waals surface area contributed by atoms with Gasteiger partial charge in [0.15, 0.2) is 0 Å². The Morgan fingerprint density at radius 2 is 2.14 bits per heavy atom. The van der Waals surface area contributed by atoms with Gasteiger partial charge in [-0.05, 0) is 38.8 Å². The Kier molecular flexibility index (Phi) is 5.20. The summed E-state index contributed by atoms with van der Waals surface area (Å²) in [6.07, 6.45) is 6.88. The minimum Gasteiger partial charge on any atom is -0.368 e. The maximum Gasteiger partial charge on any atom is 0.129 e. The molecule has 1 fully saturated rings. The van der Waals surface area contributed by atoms with Crippen LogP contribution in [-0.2, 0) is 0 Å². The Balaban J connectivity index is 2.07. The third-order valence-electron chi connectivity index (χ3n) is 4.89. The summed E-state index contributed by atoms with van der Waals surface area (Å²) in [5, 5.41) is 3.56. The fourth-order valence-corrected chi connectivity index (χ4v) is 3.40. The van der Waals surface area contributed by atoms with Gasteiger partial charge >= 0.3 is 0 Å². The Labute approximate surface area is 129 Å². The van der Waals surface area contributed by atoms with Gasteiger partial charge in [-0.2, -0.15) is 0 Å². The molecule has 1 aromatic rings. The minimum absolute atomic E-state index is 0.251. The molecule has 0 amide bonds. The number of nitrogens with one attached hydrogen (secondary N) is 1. The largest absolute Gasteiger partial charge is 0.368 e. The van der Waals surface area contributed by atoms with Crippen molar-refractivity contribution in [1.82, 2.24) is 14.9 Å². The molecule has 2 rings (SSSR count). The molecule has 1 aliphatic carbocycles. The molecule has 1 heterocycles. The summed E-state index contributed by atoms with van der Waals surface area (Å²) in [5.74, 6) is 2.19. The molecule has 0 saturated heterocycles. The number of anilines is 1. The molecular weight excluding hydrogens is 260 g/mol. The molecule has 0 aromatic carbocycles. The van der Waals surface area contributed by atoms with Crippen LogP contribution in [0.3, 0.4) is 0 Å². The molecule has 4 nitrogen and oxygen atoms in total. The summed E-state index contributed by atoms with van der Waals surface area (Å²) in [6.45, 7) is 7.66. The van der Waals surface area contributed by atoms with E-state index in [4.69, 9.17) is 0 Å². The first-order valence-corrected chi connectivity index (χ1v) is 8.16.